The summed E-state index contributed by atoms with van der Waals surface area (Å²) in [5, 5.41) is 0. The minimum absolute atomic E-state index is 0.509. The zero-order valence-corrected chi connectivity index (χ0v) is 5.84. The predicted octanol–water partition coefficient (Wildman–Crippen LogP) is 0.684. The van der Waals surface area contributed by atoms with E-state index in [0.717, 1.165) is 19.1 Å². The van der Waals surface area contributed by atoms with Gasteiger partial charge in [-0.3, -0.25) is 4.90 Å². The maximum atomic E-state index is 5.38. The normalized spacial score (nSPS) is 42.3. The highest BCUT2D eigenvalue weighted by Crippen LogP contribution is 2.32. The molecule has 0 unspecified atom stereocenters. The average Bonchev–Trinajstić information content (AvgIpc) is 2.07. The number of likely N-dealkylation sites (tertiary alicyclic amines) is 1. The van der Waals surface area contributed by atoms with Crippen LogP contribution in [0.15, 0.2) is 0 Å². The van der Waals surface area contributed by atoms with E-state index >= 15 is 0 Å². The molecule has 2 rings (SSSR count). The van der Waals surface area contributed by atoms with Crippen LogP contribution >= 0.6 is 0 Å². The van der Waals surface area contributed by atoms with Gasteiger partial charge in [0.2, 0.25) is 0 Å². The minimum Gasteiger partial charge on any atom is -0.362 e. The van der Waals surface area contributed by atoms with E-state index in [2.05, 4.69) is 11.8 Å². The molecule has 2 atom stereocenters. The van der Waals surface area contributed by atoms with Crippen LogP contribution in [0.1, 0.15) is 13.3 Å². The van der Waals surface area contributed by atoms with Crippen LogP contribution in [0.5, 0.6) is 0 Å². The standard InChI is InChI=1S/C7H13NO/c1-2-8-4-3-6-5-9-7(6)8/h6-7H,2-5H2,1H3/t6-,7+/m1/s1. The SMILES string of the molecule is CCN1CC[C@@H]2CO[C@@H]21. The van der Waals surface area contributed by atoms with E-state index in [1.54, 1.807) is 0 Å². The van der Waals surface area contributed by atoms with Crippen molar-refractivity contribution in [1.82, 2.24) is 4.90 Å². The molecule has 2 saturated heterocycles. The molecule has 2 aliphatic heterocycles. The molecule has 0 aromatic rings. The third-order valence-corrected chi connectivity index (χ3v) is 2.44. The lowest BCUT2D eigenvalue weighted by molar-refractivity contribution is -0.157. The molecule has 9 heavy (non-hydrogen) atoms. The second kappa shape index (κ2) is 1.96. The van der Waals surface area contributed by atoms with Gasteiger partial charge in [0.25, 0.3) is 0 Å². The van der Waals surface area contributed by atoms with Gasteiger partial charge in [-0.1, -0.05) is 6.92 Å². The molecule has 0 spiro atoms. The molecule has 2 heteroatoms. The van der Waals surface area contributed by atoms with E-state index in [1.165, 1.54) is 13.0 Å². The molecule has 0 aromatic carbocycles. The van der Waals surface area contributed by atoms with Gasteiger partial charge in [-0.05, 0) is 13.0 Å². The summed E-state index contributed by atoms with van der Waals surface area (Å²) in [6.07, 6.45) is 1.87. The molecular weight excluding hydrogens is 114 g/mol. The van der Waals surface area contributed by atoms with Crippen LogP contribution < -0.4 is 0 Å². The number of nitrogens with zero attached hydrogens (tertiary/aromatic N) is 1. The Morgan fingerprint density at radius 3 is 2.89 bits per heavy atom. The number of hydrogen-bond acceptors (Lipinski definition) is 2. The Bertz CT molecular complexity index is 113. The summed E-state index contributed by atoms with van der Waals surface area (Å²) in [5.41, 5.74) is 0. The van der Waals surface area contributed by atoms with Crippen molar-refractivity contribution in [3.63, 3.8) is 0 Å². The second-order valence-corrected chi connectivity index (χ2v) is 2.90. The Balaban J connectivity index is 1.97. The van der Waals surface area contributed by atoms with Crippen molar-refractivity contribution in [2.45, 2.75) is 19.6 Å². The van der Waals surface area contributed by atoms with Gasteiger partial charge in [0.05, 0.1) is 6.61 Å². The molecule has 0 bridgehead atoms. The summed E-state index contributed by atoms with van der Waals surface area (Å²) in [4.78, 5) is 2.41. The molecule has 2 heterocycles. The van der Waals surface area contributed by atoms with Crippen LogP contribution in [0, 0.1) is 5.92 Å². The Morgan fingerprint density at radius 1 is 1.67 bits per heavy atom. The largest absolute Gasteiger partial charge is 0.362 e. The van der Waals surface area contributed by atoms with Gasteiger partial charge < -0.3 is 4.74 Å². The van der Waals surface area contributed by atoms with Gasteiger partial charge >= 0.3 is 0 Å². The lowest BCUT2D eigenvalue weighted by Gasteiger charge is -2.35. The predicted molar refractivity (Wildman–Crippen MR) is 35.1 cm³/mol. The molecular formula is C7H13NO. The van der Waals surface area contributed by atoms with Crippen LogP contribution in [0.25, 0.3) is 0 Å². The van der Waals surface area contributed by atoms with E-state index in [9.17, 15) is 0 Å². The van der Waals surface area contributed by atoms with E-state index in [1.807, 2.05) is 0 Å². The molecule has 2 fully saturated rings. The van der Waals surface area contributed by atoms with E-state index in [-0.39, 0.29) is 0 Å². The van der Waals surface area contributed by atoms with E-state index < -0.39 is 0 Å². The third-order valence-electron chi connectivity index (χ3n) is 2.44. The lowest BCUT2D eigenvalue weighted by Crippen LogP contribution is -2.44. The van der Waals surface area contributed by atoms with Gasteiger partial charge in [-0.15, -0.1) is 0 Å². The maximum absolute atomic E-state index is 5.38. The summed E-state index contributed by atoms with van der Waals surface area (Å²) in [5.74, 6) is 0.880. The minimum atomic E-state index is 0.509. The molecule has 0 saturated carbocycles. The van der Waals surface area contributed by atoms with Gasteiger partial charge in [-0.2, -0.15) is 0 Å². The second-order valence-electron chi connectivity index (χ2n) is 2.90. The summed E-state index contributed by atoms with van der Waals surface area (Å²) in [6, 6.07) is 0. The van der Waals surface area contributed by atoms with Crippen molar-refractivity contribution in [2.75, 3.05) is 19.7 Å². The Kier molecular flexibility index (Phi) is 1.24. The summed E-state index contributed by atoms with van der Waals surface area (Å²) in [7, 11) is 0. The molecule has 2 nitrogen and oxygen atoms in total. The van der Waals surface area contributed by atoms with Crippen molar-refractivity contribution in [3.8, 4) is 0 Å². The first-order valence-corrected chi connectivity index (χ1v) is 3.77. The number of ether oxygens (including phenoxy) is 1. The van der Waals surface area contributed by atoms with E-state index in [4.69, 9.17) is 4.74 Å². The van der Waals surface area contributed by atoms with Crippen LogP contribution in [0.4, 0.5) is 0 Å². The highest BCUT2D eigenvalue weighted by Gasteiger charge is 2.41. The molecule has 2 aliphatic rings. The van der Waals surface area contributed by atoms with Crippen LogP contribution in [0.2, 0.25) is 0 Å². The smallest absolute Gasteiger partial charge is 0.115 e. The van der Waals surface area contributed by atoms with Gasteiger partial charge in [0.15, 0.2) is 0 Å². The van der Waals surface area contributed by atoms with Crippen LogP contribution in [-0.4, -0.2) is 30.8 Å². The fourth-order valence-corrected chi connectivity index (χ4v) is 1.74. The van der Waals surface area contributed by atoms with Crippen molar-refractivity contribution in [3.05, 3.63) is 0 Å². The molecule has 0 N–H and O–H groups in total. The molecule has 52 valence electrons. The molecule has 0 aliphatic carbocycles. The monoisotopic (exact) mass is 127 g/mol. The third kappa shape index (κ3) is 0.700. The molecule has 0 amide bonds. The Labute approximate surface area is 55.8 Å². The quantitative estimate of drug-likeness (QED) is 0.513. The van der Waals surface area contributed by atoms with Crippen molar-refractivity contribution >= 4 is 0 Å². The first-order chi connectivity index (χ1) is 4.42. The maximum Gasteiger partial charge on any atom is 0.115 e. The molecule has 0 aromatic heterocycles. The van der Waals surface area contributed by atoms with Gasteiger partial charge in [0.1, 0.15) is 6.23 Å². The van der Waals surface area contributed by atoms with Crippen molar-refractivity contribution in [2.24, 2.45) is 5.92 Å². The van der Waals surface area contributed by atoms with Gasteiger partial charge in [-0.25, -0.2) is 0 Å². The highest BCUT2D eigenvalue weighted by molar-refractivity contribution is 4.86. The molecule has 0 radical (unpaired) electrons. The number of fused-ring (bicyclic) bond motifs is 1. The summed E-state index contributed by atoms with van der Waals surface area (Å²) in [6.45, 7) is 5.62. The first-order valence-electron chi connectivity index (χ1n) is 3.77. The van der Waals surface area contributed by atoms with E-state index in [0.29, 0.717) is 6.23 Å². The van der Waals surface area contributed by atoms with Crippen LogP contribution in [-0.2, 0) is 4.74 Å². The fraction of sp³-hybridized carbons (Fsp3) is 1.00. The Hall–Kier alpha value is -0.0800. The lowest BCUT2D eigenvalue weighted by atomic mass is 10.1. The van der Waals surface area contributed by atoms with Crippen molar-refractivity contribution < 1.29 is 4.74 Å². The average molecular weight is 127 g/mol. The highest BCUT2D eigenvalue weighted by atomic mass is 16.5. The first kappa shape index (κ1) is 5.69. The number of hydrogen-bond donors (Lipinski definition) is 0. The zero-order chi connectivity index (χ0) is 6.27. The van der Waals surface area contributed by atoms with Crippen LogP contribution in [0.3, 0.4) is 0 Å². The van der Waals surface area contributed by atoms with Gasteiger partial charge in [0, 0.05) is 12.5 Å². The summed E-state index contributed by atoms with van der Waals surface area (Å²) >= 11 is 0. The Morgan fingerprint density at radius 2 is 2.56 bits per heavy atom. The number of rotatable bonds is 1. The fourth-order valence-electron chi connectivity index (χ4n) is 1.74. The zero-order valence-electron chi connectivity index (χ0n) is 5.84. The van der Waals surface area contributed by atoms with Crippen molar-refractivity contribution in [1.29, 1.82) is 0 Å². The summed E-state index contributed by atoms with van der Waals surface area (Å²) < 4.78 is 5.38. The topological polar surface area (TPSA) is 12.5 Å².